The molecule has 4 rings (SSSR count). The number of nitrogens with zero attached hydrogens (tertiary/aromatic N) is 2. The van der Waals surface area contributed by atoms with Crippen molar-refractivity contribution in [3.63, 3.8) is 0 Å². The van der Waals surface area contributed by atoms with Crippen LogP contribution in [-0.2, 0) is 19.7 Å². The van der Waals surface area contributed by atoms with Crippen LogP contribution in [0.5, 0.6) is 0 Å². The average molecular weight is 514 g/mol. The third kappa shape index (κ3) is 4.74. The maximum atomic E-state index is 14.1. The lowest BCUT2D eigenvalue weighted by Crippen LogP contribution is -2.56. The largest absolute Gasteiger partial charge is 0.428 e. The molecule has 1 saturated carbocycles. The van der Waals surface area contributed by atoms with Crippen LogP contribution in [0.25, 0.3) is 0 Å². The van der Waals surface area contributed by atoms with Gasteiger partial charge >= 0.3 is 7.48 Å². The highest BCUT2D eigenvalue weighted by Crippen LogP contribution is 2.51. The van der Waals surface area contributed by atoms with Gasteiger partial charge in [-0.2, -0.15) is 12.6 Å². The van der Waals surface area contributed by atoms with Crippen LogP contribution < -0.4 is 10.4 Å². The van der Waals surface area contributed by atoms with Gasteiger partial charge in [-0.3, -0.25) is 9.59 Å². The van der Waals surface area contributed by atoms with Gasteiger partial charge in [0, 0.05) is 29.6 Å². The van der Waals surface area contributed by atoms with Gasteiger partial charge in [0.25, 0.3) is 5.91 Å². The molecule has 2 amide bonds. The van der Waals surface area contributed by atoms with Gasteiger partial charge in [0.2, 0.25) is 5.91 Å². The Hall–Kier alpha value is -1.51. The van der Waals surface area contributed by atoms with Crippen LogP contribution in [0, 0.1) is 5.92 Å². The molecular formula is C28H42BN2O4S. The van der Waals surface area contributed by atoms with Crippen LogP contribution in [0.1, 0.15) is 86.1 Å². The fourth-order valence-corrected chi connectivity index (χ4v) is 5.66. The van der Waals surface area contributed by atoms with Crippen molar-refractivity contribution in [2.24, 2.45) is 5.92 Å². The molecule has 36 heavy (non-hydrogen) atoms. The molecule has 1 radical (unpaired) electrons. The third-order valence-corrected chi connectivity index (χ3v) is 9.51. The Morgan fingerprint density at radius 3 is 2.31 bits per heavy atom. The van der Waals surface area contributed by atoms with Crippen molar-refractivity contribution in [2.45, 2.75) is 108 Å². The van der Waals surface area contributed by atoms with Gasteiger partial charge in [0.05, 0.1) is 11.0 Å². The summed E-state index contributed by atoms with van der Waals surface area (Å²) in [6.07, 6.45) is 4.35. The molecule has 1 N–H and O–H groups in total. The van der Waals surface area contributed by atoms with Crippen molar-refractivity contribution < 1.29 is 19.3 Å². The minimum Gasteiger partial charge on any atom is -0.428 e. The van der Waals surface area contributed by atoms with Gasteiger partial charge < -0.3 is 19.6 Å². The summed E-state index contributed by atoms with van der Waals surface area (Å²) in [5.74, 6) is 0.564. The minimum absolute atomic E-state index is 0.169. The van der Waals surface area contributed by atoms with Crippen LogP contribution in [0.4, 0.5) is 5.69 Å². The monoisotopic (exact) mass is 513 g/mol. The fourth-order valence-electron chi connectivity index (χ4n) is 5.61. The summed E-state index contributed by atoms with van der Waals surface area (Å²) in [6.45, 7) is 14.3. The summed E-state index contributed by atoms with van der Waals surface area (Å²) in [4.78, 5) is 30.6. The van der Waals surface area contributed by atoms with E-state index in [4.69, 9.17) is 17.3 Å². The van der Waals surface area contributed by atoms with Gasteiger partial charge in [-0.25, -0.2) is 0 Å². The molecule has 0 bridgehead atoms. The van der Waals surface area contributed by atoms with Gasteiger partial charge in [0.1, 0.15) is 5.60 Å². The summed E-state index contributed by atoms with van der Waals surface area (Å²) in [7, 11) is 1.78. The molecule has 1 spiro atoms. The number of carbonyl (C=O) groups excluding carboxylic acids is 2. The first-order valence-corrected chi connectivity index (χ1v) is 13.8. The molecule has 1 aromatic carbocycles. The van der Waals surface area contributed by atoms with E-state index in [1.54, 1.807) is 12.4 Å². The number of carbonyl (C=O) groups is 2. The van der Waals surface area contributed by atoms with E-state index in [1.165, 1.54) is 13.8 Å². The summed E-state index contributed by atoms with van der Waals surface area (Å²) in [5.41, 5.74) is 0.476. The van der Waals surface area contributed by atoms with Crippen molar-refractivity contribution in [3.05, 3.63) is 23.8 Å². The van der Waals surface area contributed by atoms with Gasteiger partial charge in [-0.05, 0) is 84.8 Å². The van der Waals surface area contributed by atoms with E-state index in [0.717, 1.165) is 36.0 Å². The number of aliphatic hydroxyl groups is 1. The van der Waals surface area contributed by atoms with E-state index < -0.39 is 16.6 Å². The van der Waals surface area contributed by atoms with Crippen molar-refractivity contribution in [1.82, 2.24) is 4.90 Å². The van der Waals surface area contributed by atoms with E-state index in [-0.39, 0.29) is 22.6 Å². The lowest BCUT2D eigenvalue weighted by atomic mass is 9.72. The lowest BCUT2D eigenvalue weighted by Gasteiger charge is -2.43. The lowest BCUT2D eigenvalue weighted by molar-refractivity contribution is -0.150. The summed E-state index contributed by atoms with van der Waals surface area (Å²) in [6, 6.07) is 6.44. The normalized spacial score (nSPS) is 24.1. The Labute approximate surface area is 222 Å². The average Bonchev–Trinajstić information content (AvgIpc) is 2.98. The molecule has 1 saturated heterocycles. The molecule has 6 nitrogen and oxygen atoms in total. The van der Waals surface area contributed by atoms with Crippen molar-refractivity contribution in [2.75, 3.05) is 18.0 Å². The molecule has 3 aliphatic rings. The van der Waals surface area contributed by atoms with Crippen LogP contribution in [-0.4, -0.2) is 64.4 Å². The number of rotatable bonds is 7. The van der Waals surface area contributed by atoms with Crippen molar-refractivity contribution >= 4 is 43.1 Å². The summed E-state index contributed by atoms with van der Waals surface area (Å²) < 4.78 is 5.84. The number of anilines is 1. The highest BCUT2D eigenvalue weighted by atomic mass is 32.1. The minimum atomic E-state index is -1.41. The molecule has 1 aliphatic carbocycles. The first kappa shape index (κ1) is 27.5. The molecule has 2 fully saturated rings. The molecule has 0 unspecified atom stereocenters. The van der Waals surface area contributed by atoms with Crippen molar-refractivity contribution in [1.29, 1.82) is 0 Å². The highest BCUT2D eigenvalue weighted by molar-refractivity contribution is 7.81. The second-order valence-corrected chi connectivity index (χ2v) is 13.7. The quantitative estimate of drug-likeness (QED) is 0.432. The Balaban J connectivity index is 1.62. The van der Waals surface area contributed by atoms with E-state index in [2.05, 4.69) is 24.0 Å². The van der Waals surface area contributed by atoms with Crippen LogP contribution in [0.15, 0.2) is 18.2 Å². The van der Waals surface area contributed by atoms with Gasteiger partial charge in [-0.15, -0.1) is 0 Å². The molecule has 1 aromatic rings. The maximum absolute atomic E-state index is 14.1. The summed E-state index contributed by atoms with van der Waals surface area (Å²) in [5, 5.41) is 10.2. The predicted molar refractivity (Wildman–Crippen MR) is 148 cm³/mol. The van der Waals surface area contributed by atoms with E-state index in [9.17, 15) is 14.7 Å². The Morgan fingerprint density at radius 2 is 1.78 bits per heavy atom. The number of amides is 2. The number of benzene rings is 1. The molecule has 2 heterocycles. The summed E-state index contributed by atoms with van der Waals surface area (Å²) >= 11 is 4.70. The van der Waals surface area contributed by atoms with Gasteiger partial charge in [0.15, 0.2) is 0 Å². The Bertz CT molecular complexity index is 1020. The number of thiol groups is 1. The van der Waals surface area contributed by atoms with E-state index in [0.29, 0.717) is 31.8 Å². The first-order chi connectivity index (χ1) is 16.6. The zero-order chi connectivity index (χ0) is 26.7. The second kappa shape index (κ2) is 9.35. The Kier molecular flexibility index (Phi) is 7.15. The number of hydrogen-bond acceptors (Lipinski definition) is 5. The fraction of sp³-hybridized carbons (Fsp3) is 0.714. The molecular weight excluding hydrogens is 471 g/mol. The number of likely N-dealkylation sites (tertiary alicyclic amines) is 1. The van der Waals surface area contributed by atoms with E-state index in [1.807, 2.05) is 33.8 Å². The third-order valence-electron chi connectivity index (χ3n) is 8.97. The van der Waals surface area contributed by atoms with Crippen LogP contribution >= 0.6 is 12.6 Å². The van der Waals surface area contributed by atoms with Crippen LogP contribution in [0.3, 0.4) is 0 Å². The maximum Gasteiger partial charge on any atom is 0.330 e. The van der Waals surface area contributed by atoms with Crippen LogP contribution in [0.2, 0.25) is 0 Å². The highest BCUT2D eigenvalue weighted by Gasteiger charge is 2.55. The number of piperidine rings is 1. The smallest absolute Gasteiger partial charge is 0.330 e. The van der Waals surface area contributed by atoms with Crippen molar-refractivity contribution in [3.8, 4) is 0 Å². The number of fused-ring (bicyclic) bond motifs is 2. The molecule has 0 aromatic heterocycles. The zero-order valence-corrected chi connectivity index (χ0v) is 23.8. The Morgan fingerprint density at radius 1 is 1.17 bits per heavy atom. The predicted octanol–water partition coefficient (Wildman–Crippen LogP) is 3.60. The number of hydrogen-bond donors (Lipinski definition) is 2. The second-order valence-electron chi connectivity index (χ2n) is 12.6. The SMILES string of the molecule is CCC1CC(N2C(=O)C3(CCN(C(=O)C(C)(C)O)CC3)c3ccc([B]OC(C)(C)C(C)(C)S)cc32)C1. The van der Waals surface area contributed by atoms with E-state index >= 15 is 0 Å². The molecule has 8 heteroatoms. The standard InChI is InChI=1S/C28H42BN2O4S/c1-8-18-15-20(16-18)31-22-17-19(29-35-26(4,5)27(6,7)36)9-10-21(22)28(24(31)33)11-13-30(14-12-28)23(32)25(2,3)34/h9-10,17-18,20,34,36H,8,11-16H2,1-7H3. The zero-order valence-electron chi connectivity index (χ0n) is 22.9. The van der Waals surface area contributed by atoms with Gasteiger partial charge in [-0.1, -0.05) is 30.9 Å². The molecule has 197 valence electrons. The first-order valence-electron chi connectivity index (χ1n) is 13.3. The topological polar surface area (TPSA) is 70.1 Å². The molecule has 0 atom stereocenters. The molecule has 2 aliphatic heterocycles.